The van der Waals surface area contributed by atoms with Gasteiger partial charge in [0.15, 0.2) is 0 Å². The third-order valence-corrected chi connectivity index (χ3v) is 5.69. The molecule has 0 saturated carbocycles. The number of hydrogen-bond acceptors (Lipinski definition) is 7. The van der Waals surface area contributed by atoms with E-state index in [4.69, 9.17) is 4.74 Å². The molecular weight excluding hydrogens is 468 g/mol. The van der Waals surface area contributed by atoms with Gasteiger partial charge in [-0.2, -0.15) is 18.4 Å². The lowest BCUT2D eigenvalue weighted by molar-refractivity contribution is -0.138. The average molecular weight is 506 g/mol. The SMILES string of the molecule is CC(C)CC(C#N)C(=O)N1CCC[C@@H]1COC[C@H](NCC(F)(F)F)C(=O)N[C@@H](CC(C)C)B(O)O. The second-order valence-electron chi connectivity index (χ2n) is 9.88. The highest BCUT2D eigenvalue weighted by molar-refractivity contribution is 6.43. The van der Waals surface area contributed by atoms with Crippen molar-refractivity contribution in [3.8, 4) is 6.07 Å². The zero-order valence-corrected chi connectivity index (χ0v) is 20.8. The van der Waals surface area contributed by atoms with Crippen molar-refractivity contribution >= 4 is 18.9 Å². The lowest BCUT2D eigenvalue weighted by atomic mass is 9.75. The number of carbonyl (C=O) groups excluding carboxylic acids is 2. The molecule has 13 heteroatoms. The molecule has 4 atom stereocenters. The Kier molecular flexibility index (Phi) is 13.0. The maximum absolute atomic E-state index is 12.8. The predicted molar refractivity (Wildman–Crippen MR) is 124 cm³/mol. The Morgan fingerprint density at radius 2 is 1.83 bits per heavy atom. The second kappa shape index (κ2) is 14.6. The first kappa shape index (κ1) is 31.2. The molecule has 35 heavy (non-hydrogen) atoms. The maximum atomic E-state index is 12.8. The van der Waals surface area contributed by atoms with Gasteiger partial charge in [0.25, 0.3) is 0 Å². The van der Waals surface area contributed by atoms with Crippen molar-refractivity contribution in [2.75, 3.05) is 26.3 Å². The number of ether oxygens (including phenoxy) is 1. The van der Waals surface area contributed by atoms with Crippen molar-refractivity contribution in [2.45, 2.75) is 77.6 Å². The molecule has 0 spiro atoms. The molecule has 0 bridgehead atoms. The van der Waals surface area contributed by atoms with Crippen LogP contribution in [0.25, 0.3) is 0 Å². The van der Waals surface area contributed by atoms with Gasteiger partial charge in [0, 0.05) is 6.54 Å². The summed E-state index contributed by atoms with van der Waals surface area (Å²) in [7, 11) is -1.87. The van der Waals surface area contributed by atoms with Crippen molar-refractivity contribution in [1.29, 1.82) is 5.26 Å². The smallest absolute Gasteiger partial charge is 0.426 e. The van der Waals surface area contributed by atoms with Crippen LogP contribution in [0.2, 0.25) is 0 Å². The second-order valence-corrected chi connectivity index (χ2v) is 9.88. The fraction of sp³-hybridized carbons (Fsp3) is 0.864. The number of nitrogens with zero attached hydrogens (tertiary/aromatic N) is 2. The molecule has 200 valence electrons. The van der Waals surface area contributed by atoms with E-state index in [2.05, 4.69) is 10.6 Å². The van der Waals surface area contributed by atoms with Crippen LogP contribution in [0.1, 0.15) is 53.4 Å². The molecule has 0 aliphatic carbocycles. The summed E-state index contributed by atoms with van der Waals surface area (Å²) in [6.45, 7) is 6.06. The van der Waals surface area contributed by atoms with Crippen LogP contribution < -0.4 is 10.6 Å². The summed E-state index contributed by atoms with van der Waals surface area (Å²) in [6.07, 6.45) is -2.60. The highest BCUT2D eigenvalue weighted by Crippen LogP contribution is 2.23. The number of nitriles is 1. The molecule has 1 fully saturated rings. The molecular formula is C22H38BF3N4O5. The number of nitrogens with one attached hydrogen (secondary N) is 2. The van der Waals surface area contributed by atoms with Gasteiger partial charge >= 0.3 is 13.3 Å². The van der Waals surface area contributed by atoms with E-state index in [-0.39, 0.29) is 36.8 Å². The van der Waals surface area contributed by atoms with E-state index in [1.165, 1.54) is 0 Å². The fourth-order valence-electron chi connectivity index (χ4n) is 4.01. The molecule has 1 aliphatic heterocycles. The van der Waals surface area contributed by atoms with Crippen LogP contribution in [-0.4, -0.2) is 84.4 Å². The quantitative estimate of drug-likeness (QED) is 0.261. The Bertz CT molecular complexity index is 718. The van der Waals surface area contributed by atoms with Gasteiger partial charge in [-0.15, -0.1) is 0 Å². The Hall–Kier alpha value is -1.88. The Morgan fingerprint density at radius 1 is 1.20 bits per heavy atom. The van der Waals surface area contributed by atoms with Crippen LogP contribution in [0.3, 0.4) is 0 Å². The monoisotopic (exact) mass is 506 g/mol. The number of hydrogen-bond donors (Lipinski definition) is 4. The van der Waals surface area contributed by atoms with E-state index in [1.54, 1.807) is 18.7 Å². The average Bonchev–Trinajstić information content (AvgIpc) is 3.20. The topological polar surface area (TPSA) is 135 Å². The summed E-state index contributed by atoms with van der Waals surface area (Å²) in [5.41, 5.74) is 0. The van der Waals surface area contributed by atoms with E-state index in [0.717, 1.165) is 0 Å². The van der Waals surface area contributed by atoms with Crippen molar-refractivity contribution in [1.82, 2.24) is 15.5 Å². The maximum Gasteiger partial charge on any atom is 0.475 e. The molecule has 1 aliphatic rings. The Labute approximate surface area is 205 Å². The molecule has 9 nitrogen and oxygen atoms in total. The molecule has 1 saturated heterocycles. The van der Waals surface area contributed by atoms with Gasteiger partial charge in [0.05, 0.1) is 37.8 Å². The Morgan fingerprint density at radius 3 is 2.34 bits per heavy atom. The number of likely N-dealkylation sites (tertiary alicyclic amines) is 1. The number of amides is 2. The van der Waals surface area contributed by atoms with Crippen molar-refractivity contribution in [3.63, 3.8) is 0 Å². The van der Waals surface area contributed by atoms with Gasteiger partial charge in [-0.3, -0.25) is 14.9 Å². The van der Waals surface area contributed by atoms with Gasteiger partial charge in [-0.1, -0.05) is 27.7 Å². The summed E-state index contributed by atoms with van der Waals surface area (Å²) in [4.78, 5) is 27.0. The predicted octanol–water partition coefficient (Wildman–Crippen LogP) is 1.24. The zero-order valence-electron chi connectivity index (χ0n) is 20.8. The van der Waals surface area contributed by atoms with Gasteiger partial charge in [0.1, 0.15) is 12.0 Å². The molecule has 1 unspecified atom stereocenters. The van der Waals surface area contributed by atoms with Crippen molar-refractivity contribution < 1.29 is 37.5 Å². The number of rotatable bonds is 14. The van der Waals surface area contributed by atoms with E-state index in [0.29, 0.717) is 25.8 Å². The molecule has 0 aromatic carbocycles. The highest BCUT2D eigenvalue weighted by Gasteiger charge is 2.35. The molecule has 0 aromatic heterocycles. The summed E-state index contributed by atoms with van der Waals surface area (Å²) < 4.78 is 43.9. The van der Waals surface area contributed by atoms with Gasteiger partial charge < -0.3 is 25.0 Å². The standard InChI is InChI=1S/C22H38BF3N4O5/c1-14(2)8-16(10-27)21(32)30-7-5-6-17(30)11-35-12-18(28-13-22(24,25)26)20(31)29-19(23(33)34)9-15(3)4/h14-19,28,33-34H,5-9,11-13H2,1-4H3,(H,29,31)/t16?,17-,18+,19+/m1/s1. The van der Waals surface area contributed by atoms with Crippen molar-refractivity contribution in [2.24, 2.45) is 17.8 Å². The lowest BCUT2D eigenvalue weighted by Crippen LogP contribution is -2.56. The normalized spacial score (nSPS) is 18.9. The third kappa shape index (κ3) is 11.6. The van der Waals surface area contributed by atoms with E-state index in [9.17, 15) is 38.1 Å². The van der Waals surface area contributed by atoms with E-state index < -0.39 is 50.3 Å². The van der Waals surface area contributed by atoms with Gasteiger partial charge in [0.2, 0.25) is 11.8 Å². The molecule has 2 amide bonds. The van der Waals surface area contributed by atoms with Crippen molar-refractivity contribution in [3.05, 3.63) is 0 Å². The minimum atomic E-state index is -4.57. The van der Waals surface area contributed by atoms with Crippen LogP contribution in [0.4, 0.5) is 13.2 Å². The van der Waals surface area contributed by atoms with Crippen LogP contribution >= 0.6 is 0 Å². The summed E-state index contributed by atoms with van der Waals surface area (Å²) in [5.74, 6) is -2.80. The molecule has 1 heterocycles. The first-order valence-electron chi connectivity index (χ1n) is 12.0. The summed E-state index contributed by atoms with van der Waals surface area (Å²) in [6, 6.07) is 0.307. The molecule has 1 rings (SSSR count). The minimum absolute atomic E-state index is 0.00108. The first-order chi connectivity index (χ1) is 16.2. The number of halogens is 3. The summed E-state index contributed by atoms with van der Waals surface area (Å²) >= 11 is 0. The van der Waals surface area contributed by atoms with Crippen LogP contribution in [-0.2, 0) is 14.3 Å². The number of carbonyl (C=O) groups is 2. The third-order valence-electron chi connectivity index (χ3n) is 5.69. The van der Waals surface area contributed by atoms with Gasteiger partial charge in [-0.05, 0) is 37.5 Å². The molecule has 4 N–H and O–H groups in total. The van der Waals surface area contributed by atoms with E-state index in [1.807, 2.05) is 19.9 Å². The fourth-order valence-corrected chi connectivity index (χ4v) is 4.01. The van der Waals surface area contributed by atoms with E-state index >= 15 is 0 Å². The summed E-state index contributed by atoms with van der Waals surface area (Å²) in [5, 5.41) is 32.9. The highest BCUT2D eigenvalue weighted by atomic mass is 19.4. The molecule has 0 radical (unpaired) electrons. The first-order valence-corrected chi connectivity index (χ1v) is 12.0. The largest absolute Gasteiger partial charge is 0.475 e. The lowest BCUT2D eigenvalue weighted by Gasteiger charge is -2.28. The number of alkyl halides is 3. The Balaban J connectivity index is 2.79. The zero-order chi connectivity index (χ0) is 26.8. The van der Waals surface area contributed by atoms with Crippen LogP contribution in [0.5, 0.6) is 0 Å². The van der Waals surface area contributed by atoms with Crippen LogP contribution in [0, 0.1) is 29.1 Å². The minimum Gasteiger partial charge on any atom is -0.426 e. The van der Waals surface area contributed by atoms with Gasteiger partial charge in [-0.25, -0.2) is 0 Å². The van der Waals surface area contributed by atoms with Crippen LogP contribution in [0.15, 0.2) is 0 Å². The molecule has 0 aromatic rings.